The van der Waals surface area contributed by atoms with E-state index in [1.54, 1.807) is 0 Å². The largest absolute Gasteiger partial charge is 0.356 e. The first kappa shape index (κ1) is 17.5. The Morgan fingerprint density at radius 2 is 2.09 bits per heavy atom. The van der Waals surface area contributed by atoms with E-state index in [0.717, 1.165) is 23.5 Å². The number of rotatable bonds is 5. The number of aromatic amines is 1. The van der Waals surface area contributed by atoms with E-state index in [4.69, 9.17) is 0 Å². The topological polar surface area (TPSA) is 78.1 Å². The average Bonchev–Trinajstić information content (AvgIpc) is 2.99. The van der Waals surface area contributed by atoms with Gasteiger partial charge in [-0.2, -0.15) is 5.10 Å². The lowest BCUT2D eigenvalue weighted by Gasteiger charge is -2.32. The van der Waals surface area contributed by atoms with Gasteiger partial charge >= 0.3 is 0 Å². The first-order chi connectivity index (χ1) is 10.7. The molecule has 2 N–H and O–H groups in total. The van der Waals surface area contributed by atoms with Crippen LogP contribution < -0.4 is 5.32 Å². The smallest absolute Gasteiger partial charge is 0.223 e. The number of amides is 2. The molecule has 0 aliphatic carbocycles. The van der Waals surface area contributed by atoms with E-state index in [0.29, 0.717) is 25.8 Å². The van der Waals surface area contributed by atoms with Crippen molar-refractivity contribution in [1.82, 2.24) is 20.4 Å². The van der Waals surface area contributed by atoms with Crippen LogP contribution in [0, 0.1) is 19.8 Å². The number of carbonyl (C=O) groups excluding carboxylic acids is 2. The molecular formula is C17H28N4O2. The number of carbonyl (C=O) groups is 2. The van der Waals surface area contributed by atoms with Gasteiger partial charge in [-0.05, 0) is 40.2 Å². The second-order valence-corrected chi connectivity index (χ2v) is 7.47. The van der Waals surface area contributed by atoms with E-state index in [1.807, 2.05) is 39.5 Å². The second kappa shape index (κ2) is 6.72. The molecule has 2 heterocycles. The van der Waals surface area contributed by atoms with Crippen molar-refractivity contribution >= 4 is 11.8 Å². The number of hydrogen-bond donors (Lipinski definition) is 2. The van der Waals surface area contributed by atoms with Crippen LogP contribution in [-0.2, 0) is 16.0 Å². The molecule has 128 valence electrons. The van der Waals surface area contributed by atoms with Gasteiger partial charge in [-0.3, -0.25) is 14.7 Å². The lowest BCUT2D eigenvalue weighted by Crippen LogP contribution is -2.42. The fourth-order valence-corrected chi connectivity index (χ4v) is 2.92. The van der Waals surface area contributed by atoms with Gasteiger partial charge in [0.05, 0.1) is 5.69 Å². The first-order valence-corrected chi connectivity index (χ1v) is 8.26. The molecule has 6 nitrogen and oxygen atoms in total. The van der Waals surface area contributed by atoms with Crippen LogP contribution in [0.25, 0.3) is 0 Å². The molecule has 0 aromatic carbocycles. The summed E-state index contributed by atoms with van der Waals surface area (Å²) in [5.74, 6) is 0.408. The molecule has 2 rings (SSSR count). The maximum absolute atomic E-state index is 12.0. The Labute approximate surface area is 138 Å². The molecule has 0 spiro atoms. The molecule has 1 aliphatic heterocycles. The van der Waals surface area contributed by atoms with Crippen LogP contribution in [0.3, 0.4) is 0 Å². The highest BCUT2D eigenvalue weighted by atomic mass is 16.2. The van der Waals surface area contributed by atoms with Crippen molar-refractivity contribution in [3.63, 3.8) is 0 Å². The molecule has 1 atom stereocenters. The van der Waals surface area contributed by atoms with Crippen molar-refractivity contribution in [1.29, 1.82) is 0 Å². The summed E-state index contributed by atoms with van der Waals surface area (Å²) < 4.78 is 0. The minimum atomic E-state index is -0.148. The summed E-state index contributed by atoms with van der Waals surface area (Å²) in [6, 6.07) is 0. The Balaban J connectivity index is 1.75. The van der Waals surface area contributed by atoms with Crippen molar-refractivity contribution < 1.29 is 9.59 Å². The number of aromatic nitrogens is 2. The third-order valence-corrected chi connectivity index (χ3v) is 4.55. The lowest BCUT2D eigenvalue weighted by atomic mass is 10.1. The zero-order valence-corrected chi connectivity index (χ0v) is 14.8. The number of likely N-dealkylation sites (tertiary alicyclic amines) is 1. The molecule has 1 aliphatic rings. The van der Waals surface area contributed by atoms with E-state index < -0.39 is 0 Å². The van der Waals surface area contributed by atoms with Crippen LogP contribution in [0.15, 0.2) is 0 Å². The van der Waals surface area contributed by atoms with Gasteiger partial charge in [0.2, 0.25) is 11.8 Å². The molecule has 0 bridgehead atoms. The first-order valence-electron chi connectivity index (χ1n) is 8.26. The minimum Gasteiger partial charge on any atom is -0.356 e. The number of aryl methyl sites for hydroxylation is 2. The monoisotopic (exact) mass is 320 g/mol. The van der Waals surface area contributed by atoms with Gasteiger partial charge in [0, 0.05) is 49.5 Å². The Kier molecular flexibility index (Phi) is 5.12. The standard InChI is InChI=1S/C17H28N4O2/c1-11-12(2)19-20-14(11)6-7-15(22)18-9-13-8-16(23)21(10-13)17(3,4)5/h13H,6-10H2,1-5H3,(H,18,22)(H,19,20)/t13-/m0/s1. The molecule has 2 amide bonds. The molecule has 23 heavy (non-hydrogen) atoms. The van der Waals surface area contributed by atoms with Crippen molar-refractivity contribution in [2.45, 2.75) is 59.4 Å². The Bertz CT molecular complexity index is 586. The second-order valence-electron chi connectivity index (χ2n) is 7.47. The zero-order valence-electron chi connectivity index (χ0n) is 14.8. The van der Waals surface area contributed by atoms with Crippen LogP contribution in [-0.4, -0.2) is 45.5 Å². The molecular weight excluding hydrogens is 292 g/mol. The molecule has 0 saturated carbocycles. The Morgan fingerprint density at radius 1 is 1.39 bits per heavy atom. The van der Waals surface area contributed by atoms with Crippen LogP contribution in [0.1, 0.15) is 50.6 Å². The highest BCUT2D eigenvalue weighted by molar-refractivity contribution is 5.80. The maximum Gasteiger partial charge on any atom is 0.223 e. The number of nitrogens with zero attached hydrogens (tertiary/aromatic N) is 2. The number of H-pyrrole nitrogens is 1. The summed E-state index contributed by atoms with van der Waals surface area (Å²) >= 11 is 0. The van der Waals surface area contributed by atoms with Crippen LogP contribution in [0.2, 0.25) is 0 Å². The average molecular weight is 320 g/mol. The van der Waals surface area contributed by atoms with Gasteiger partial charge in [0.15, 0.2) is 0 Å². The fourth-order valence-electron chi connectivity index (χ4n) is 2.92. The quantitative estimate of drug-likeness (QED) is 0.867. The fraction of sp³-hybridized carbons (Fsp3) is 0.706. The molecule has 1 fully saturated rings. The molecule has 0 radical (unpaired) electrons. The molecule has 0 unspecified atom stereocenters. The van der Waals surface area contributed by atoms with Gasteiger partial charge in [0.1, 0.15) is 0 Å². The minimum absolute atomic E-state index is 0.0201. The van der Waals surface area contributed by atoms with Crippen molar-refractivity contribution in [2.24, 2.45) is 5.92 Å². The van der Waals surface area contributed by atoms with E-state index in [2.05, 4.69) is 15.5 Å². The lowest BCUT2D eigenvalue weighted by molar-refractivity contribution is -0.131. The number of nitrogens with one attached hydrogen (secondary N) is 2. The van der Waals surface area contributed by atoms with Crippen molar-refractivity contribution in [3.05, 3.63) is 17.0 Å². The van der Waals surface area contributed by atoms with Gasteiger partial charge in [-0.1, -0.05) is 0 Å². The highest BCUT2D eigenvalue weighted by Gasteiger charge is 2.36. The summed E-state index contributed by atoms with van der Waals surface area (Å²) in [5, 5.41) is 10.1. The molecule has 1 aromatic heterocycles. The molecule has 1 aromatic rings. The van der Waals surface area contributed by atoms with Crippen LogP contribution in [0.4, 0.5) is 0 Å². The zero-order chi connectivity index (χ0) is 17.2. The van der Waals surface area contributed by atoms with Gasteiger partial charge < -0.3 is 10.2 Å². The third-order valence-electron chi connectivity index (χ3n) is 4.55. The van der Waals surface area contributed by atoms with Crippen LogP contribution >= 0.6 is 0 Å². The van der Waals surface area contributed by atoms with Crippen LogP contribution in [0.5, 0.6) is 0 Å². The normalized spacial score (nSPS) is 18.6. The summed E-state index contributed by atoms with van der Waals surface area (Å²) in [7, 11) is 0. The Morgan fingerprint density at radius 3 is 2.61 bits per heavy atom. The summed E-state index contributed by atoms with van der Waals surface area (Å²) in [5.41, 5.74) is 2.98. The predicted molar refractivity (Wildman–Crippen MR) is 89.0 cm³/mol. The maximum atomic E-state index is 12.0. The highest BCUT2D eigenvalue weighted by Crippen LogP contribution is 2.25. The molecule has 1 saturated heterocycles. The van der Waals surface area contributed by atoms with Gasteiger partial charge in [0.25, 0.3) is 0 Å². The third kappa shape index (κ3) is 4.33. The SMILES string of the molecule is Cc1[nH]nc(CCC(=O)NC[C@@H]2CC(=O)N(C(C)(C)C)C2)c1C. The summed E-state index contributed by atoms with van der Waals surface area (Å²) in [4.78, 5) is 25.9. The summed E-state index contributed by atoms with van der Waals surface area (Å²) in [6.45, 7) is 11.4. The predicted octanol–water partition coefficient (Wildman–Crippen LogP) is 1.72. The van der Waals surface area contributed by atoms with Crippen molar-refractivity contribution in [2.75, 3.05) is 13.1 Å². The van der Waals surface area contributed by atoms with E-state index in [-0.39, 0.29) is 23.3 Å². The Hall–Kier alpha value is -1.85. The van der Waals surface area contributed by atoms with Gasteiger partial charge in [-0.25, -0.2) is 0 Å². The molecule has 6 heteroatoms. The van der Waals surface area contributed by atoms with E-state index >= 15 is 0 Å². The summed E-state index contributed by atoms with van der Waals surface area (Å²) in [6.07, 6.45) is 1.59. The van der Waals surface area contributed by atoms with Gasteiger partial charge in [-0.15, -0.1) is 0 Å². The number of hydrogen-bond acceptors (Lipinski definition) is 3. The van der Waals surface area contributed by atoms with E-state index in [9.17, 15) is 9.59 Å². The van der Waals surface area contributed by atoms with Crippen molar-refractivity contribution in [3.8, 4) is 0 Å². The van der Waals surface area contributed by atoms with E-state index in [1.165, 1.54) is 0 Å².